The fourth-order valence-corrected chi connectivity index (χ4v) is 2.85. The molecule has 0 aliphatic heterocycles. The number of Topliss-reactive ketones (excluding diaryl/α,β-unsaturated/α-hetero) is 1. The van der Waals surface area contributed by atoms with Gasteiger partial charge in [0.15, 0.2) is 0 Å². The van der Waals surface area contributed by atoms with Crippen molar-refractivity contribution in [2.75, 3.05) is 0 Å². The van der Waals surface area contributed by atoms with Crippen LogP contribution >= 0.6 is 0 Å². The van der Waals surface area contributed by atoms with E-state index in [1.165, 1.54) is 22.9 Å². The largest absolute Gasteiger partial charge is 0.351 e. The molecule has 1 unspecified atom stereocenters. The highest BCUT2D eigenvalue weighted by atomic mass is 16.1. The second kappa shape index (κ2) is 4.02. The molecule has 0 radical (unpaired) electrons. The molecule has 0 N–H and O–H groups in total. The first-order valence-corrected chi connectivity index (χ1v) is 6.33. The van der Waals surface area contributed by atoms with Gasteiger partial charge in [0.1, 0.15) is 5.78 Å². The fourth-order valence-electron chi connectivity index (χ4n) is 2.85. The van der Waals surface area contributed by atoms with Crippen molar-refractivity contribution in [3.05, 3.63) is 36.0 Å². The molecule has 0 saturated heterocycles. The molecule has 2 nitrogen and oxygen atoms in total. The van der Waals surface area contributed by atoms with E-state index in [9.17, 15) is 4.79 Å². The number of nitrogens with zero attached hydrogens (tertiary/aromatic N) is 1. The molecule has 1 aromatic heterocycles. The second-order valence-electron chi connectivity index (χ2n) is 5.01. The van der Waals surface area contributed by atoms with Gasteiger partial charge in [-0.1, -0.05) is 12.5 Å². The predicted octanol–water partition coefficient (Wildman–Crippen LogP) is 3.41. The molecule has 0 bridgehead atoms. The number of aromatic nitrogens is 1. The molecule has 2 heteroatoms. The summed E-state index contributed by atoms with van der Waals surface area (Å²) in [5.74, 6) is 0.569. The molecule has 3 rings (SSSR count). The third-order valence-corrected chi connectivity index (χ3v) is 3.87. The maximum absolute atomic E-state index is 11.9. The number of ketones is 1. The fraction of sp³-hybridized carbons (Fsp3) is 0.400. The van der Waals surface area contributed by atoms with E-state index in [1.807, 2.05) is 7.05 Å². The Bertz CT molecular complexity index is 567. The number of aryl methyl sites for hydroxylation is 1. The van der Waals surface area contributed by atoms with Gasteiger partial charge in [0.25, 0.3) is 0 Å². The minimum atomic E-state index is 0.147. The zero-order valence-corrected chi connectivity index (χ0v) is 10.1. The number of fused-ring (bicyclic) bond motifs is 1. The topological polar surface area (TPSA) is 22.0 Å². The third kappa shape index (κ3) is 1.78. The van der Waals surface area contributed by atoms with Crippen molar-refractivity contribution in [1.82, 2.24) is 4.57 Å². The minimum Gasteiger partial charge on any atom is -0.351 e. The predicted molar refractivity (Wildman–Crippen MR) is 69.1 cm³/mol. The van der Waals surface area contributed by atoms with E-state index in [4.69, 9.17) is 0 Å². The van der Waals surface area contributed by atoms with Gasteiger partial charge in [-0.2, -0.15) is 0 Å². The SMILES string of the molecule is Cn1ccc2cc(C3CCCCC3=O)ccc21. The molecule has 1 heterocycles. The molecule has 1 saturated carbocycles. The lowest BCUT2D eigenvalue weighted by molar-refractivity contribution is -0.121. The number of rotatable bonds is 1. The molecule has 1 atom stereocenters. The summed E-state index contributed by atoms with van der Waals surface area (Å²) >= 11 is 0. The minimum absolute atomic E-state index is 0.147. The lowest BCUT2D eigenvalue weighted by Gasteiger charge is -2.20. The molecular formula is C15H17NO. The van der Waals surface area contributed by atoms with Crippen LogP contribution in [0.15, 0.2) is 30.5 Å². The molecule has 2 aromatic rings. The van der Waals surface area contributed by atoms with E-state index in [0.29, 0.717) is 5.78 Å². The van der Waals surface area contributed by atoms with Crippen LogP contribution in [0.1, 0.15) is 37.2 Å². The average Bonchev–Trinajstić information content (AvgIpc) is 2.71. The van der Waals surface area contributed by atoms with Crippen molar-refractivity contribution in [2.24, 2.45) is 7.05 Å². The average molecular weight is 227 g/mol. The Hall–Kier alpha value is -1.57. The first-order valence-electron chi connectivity index (χ1n) is 6.33. The third-order valence-electron chi connectivity index (χ3n) is 3.87. The van der Waals surface area contributed by atoms with Gasteiger partial charge < -0.3 is 4.57 Å². The van der Waals surface area contributed by atoms with E-state index in [0.717, 1.165) is 19.3 Å². The zero-order valence-electron chi connectivity index (χ0n) is 10.1. The quantitative estimate of drug-likeness (QED) is 0.731. The van der Waals surface area contributed by atoms with Gasteiger partial charge in [-0.25, -0.2) is 0 Å². The Morgan fingerprint density at radius 1 is 1.24 bits per heavy atom. The summed E-state index contributed by atoms with van der Waals surface area (Å²) < 4.78 is 2.11. The van der Waals surface area contributed by atoms with Crippen LogP contribution in [0.25, 0.3) is 10.9 Å². The monoisotopic (exact) mass is 227 g/mol. The summed E-state index contributed by atoms with van der Waals surface area (Å²) in [6.07, 6.45) is 6.11. The van der Waals surface area contributed by atoms with Crippen molar-refractivity contribution in [1.29, 1.82) is 0 Å². The lowest BCUT2D eigenvalue weighted by Crippen LogP contribution is -2.16. The Kier molecular flexibility index (Phi) is 2.50. The first-order chi connectivity index (χ1) is 8.25. The van der Waals surface area contributed by atoms with Crippen LogP contribution in [0.2, 0.25) is 0 Å². The molecule has 1 aromatic carbocycles. The Morgan fingerprint density at radius 2 is 2.12 bits per heavy atom. The highest BCUT2D eigenvalue weighted by Gasteiger charge is 2.23. The van der Waals surface area contributed by atoms with E-state index < -0.39 is 0 Å². The maximum Gasteiger partial charge on any atom is 0.140 e. The summed E-state index contributed by atoms with van der Waals surface area (Å²) in [5, 5.41) is 1.24. The molecule has 1 aliphatic rings. The second-order valence-corrected chi connectivity index (χ2v) is 5.01. The highest BCUT2D eigenvalue weighted by molar-refractivity contribution is 5.88. The lowest BCUT2D eigenvalue weighted by atomic mass is 9.83. The van der Waals surface area contributed by atoms with Gasteiger partial charge in [0.2, 0.25) is 0 Å². The van der Waals surface area contributed by atoms with E-state index >= 15 is 0 Å². The summed E-state index contributed by atoms with van der Waals surface area (Å²) in [7, 11) is 2.05. The van der Waals surface area contributed by atoms with E-state index in [2.05, 4.69) is 35.0 Å². The number of hydrogen-bond donors (Lipinski definition) is 0. The highest BCUT2D eigenvalue weighted by Crippen LogP contribution is 2.31. The summed E-state index contributed by atoms with van der Waals surface area (Å²) in [6, 6.07) is 8.55. The van der Waals surface area contributed by atoms with Gasteiger partial charge in [-0.3, -0.25) is 4.79 Å². The Balaban J connectivity index is 2.02. The zero-order chi connectivity index (χ0) is 11.8. The van der Waals surface area contributed by atoms with Crippen LogP contribution < -0.4 is 0 Å². The number of carbonyl (C=O) groups is 1. The number of benzene rings is 1. The molecule has 1 aliphatic carbocycles. The van der Waals surface area contributed by atoms with Crippen molar-refractivity contribution >= 4 is 16.7 Å². The number of carbonyl (C=O) groups excluding carboxylic acids is 1. The standard InChI is InChI=1S/C15H17NO/c1-16-9-8-12-10-11(6-7-14(12)16)13-4-2-3-5-15(13)17/h6-10,13H,2-5H2,1H3. The maximum atomic E-state index is 11.9. The van der Waals surface area contributed by atoms with Crippen molar-refractivity contribution in [3.8, 4) is 0 Å². The van der Waals surface area contributed by atoms with Crippen molar-refractivity contribution in [2.45, 2.75) is 31.6 Å². The van der Waals surface area contributed by atoms with Gasteiger partial charge in [-0.05, 0) is 42.0 Å². The van der Waals surface area contributed by atoms with E-state index in [1.54, 1.807) is 0 Å². The smallest absolute Gasteiger partial charge is 0.140 e. The molecule has 0 spiro atoms. The molecule has 17 heavy (non-hydrogen) atoms. The van der Waals surface area contributed by atoms with E-state index in [-0.39, 0.29) is 5.92 Å². The summed E-state index contributed by atoms with van der Waals surface area (Å²) in [5.41, 5.74) is 2.44. The normalized spacial score (nSPS) is 21.0. The molecule has 1 fully saturated rings. The Labute approximate surface area is 101 Å². The van der Waals surface area contributed by atoms with Crippen LogP contribution in [0.3, 0.4) is 0 Å². The number of hydrogen-bond acceptors (Lipinski definition) is 1. The van der Waals surface area contributed by atoms with Gasteiger partial charge in [0, 0.05) is 31.1 Å². The van der Waals surface area contributed by atoms with Gasteiger partial charge >= 0.3 is 0 Å². The summed E-state index contributed by atoms with van der Waals surface area (Å²) in [4.78, 5) is 11.9. The van der Waals surface area contributed by atoms with Crippen LogP contribution in [0.5, 0.6) is 0 Å². The Morgan fingerprint density at radius 3 is 2.94 bits per heavy atom. The molecule has 0 amide bonds. The van der Waals surface area contributed by atoms with Gasteiger partial charge in [0.05, 0.1) is 0 Å². The first kappa shape index (κ1) is 10.6. The van der Waals surface area contributed by atoms with Crippen LogP contribution in [-0.4, -0.2) is 10.4 Å². The van der Waals surface area contributed by atoms with Crippen LogP contribution in [-0.2, 0) is 11.8 Å². The molecular weight excluding hydrogens is 210 g/mol. The summed E-state index contributed by atoms with van der Waals surface area (Å²) in [6.45, 7) is 0. The van der Waals surface area contributed by atoms with Gasteiger partial charge in [-0.15, -0.1) is 0 Å². The van der Waals surface area contributed by atoms with Crippen LogP contribution in [0.4, 0.5) is 0 Å². The molecule has 88 valence electrons. The van der Waals surface area contributed by atoms with Crippen LogP contribution in [0, 0.1) is 0 Å². The van der Waals surface area contributed by atoms with Crippen molar-refractivity contribution in [3.63, 3.8) is 0 Å². The van der Waals surface area contributed by atoms with Crippen molar-refractivity contribution < 1.29 is 4.79 Å².